The molecule has 0 saturated carbocycles. The van der Waals surface area contributed by atoms with Crippen LogP contribution in [0.4, 0.5) is 13.2 Å². The Hall–Kier alpha value is -2.91. The summed E-state index contributed by atoms with van der Waals surface area (Å²) in [5, 5.41) is 2.52. The van der Waals surface area contributed by atoms with E-state index in [0.717, 1.165) is 12.3 Å². The topological polar surface area (TPSA) is 86.2 Å². The minimum Gasteiger partial charge on any atom is -0.475 e. The lowest BCUT2D eigenvalue weighted by atomic mass is 10.2. The van der Waals surface area contributed by atoms with Gasteiger partial charge in [-0.05, 0) is 19.9 Å². The van der Waals surface area contributed by atoms with E-state index in [9.17, 15) is 18.0 Å². The number of aromatic nitrogens is 3. The molecule has 2 aromatic rings. The fourth-order valence-corrected chi connectivity index (χ4v) is 1.80. The molecule has 25 heavy (non-hydrogen) atoms. The van der Waals surface area contributed by atoms with Crippen LogP contribution < -0.4 is 14.8 Å². The van der Waals surface area contributed by atoms with Gasteiger partial charge in [0.05, 0.1) is 17.2 Å². The first-order chi connectivity index (χ1) is 11.9. The van der Waals surface area contributed by atoms with Gasteiger partial charge in [-0.1, -0.05) is 0 Å². The molecule has 2 rings (SSSR count). The summed E-state index contributed by atoms with van der Waals surface area (Å²) in [5.74, 6) is -2.39. The maximum atomic E-state index is 13.6. The minimum absolute atomic E-state index is 0.0264. The van der Waals surface area contributed by atoms with Gasteiger partial charge in [-0.15, -0.1) is 0 Å². The van der Waals surface area contributed by atoms with Crippen LogP contribution in [0.2, 0.25) is 0 Å². The molecule has 7 nitrogen and oxygen atoms in total. The lowest BCUT2D eigenvalue weighted by Crippen LogP contribution is -2.24. The van der Waals surface area contributed by atoms with Gasteiger partial charge in [0.15, 0.2) is 5.82 Å². The van der Waals surface area contributed by atoms with Crippen LogP contribution in [0.1, 0.15) is 29.8 Å². The molecule has 2 aromatic heterocycles. The molecule has 0 aliphatic heterocycles. The molecule has 134 valence electrons. The zero-order chi connectivity index (χ0) is 18.4. The predicted octanol–water partition coefficient (Wildman–Crippen LogP) is 2.33. The Morgan fingerprint density at radius 3 is 2.60 bits per heavy atom. The summed E-state index contributed by atoms with van der Waals surface area (Å²) < 4.78 is 47.1. The highest BCUT2D eigenvalue weighted by Gasteiger charge is 2.16. The zero-order valence-corrected chi connectivity index (χ0v) is 13.4. The van der Waals surface area contributed by atoms with E-state index in [-0.39, 0.29) is 18.2 Å². The number of alkyl halides is 2. The molecule has 0 spiro atoms. The van der Waals surface area contributed by atoms with Gasteiger partial charge in [-0.25, -0.2) is 19.3 Å². The van der Waals surface area contributed by atoms with Crippen molar-refractivity contribution in [3.63, 3.8) is 0 Å². The summed E-state index contributed by atoms with van der Waals surface area (Å²) in [6.45, 7) is 0.460. The van der Waals surface area contributed by atoms with E-state index in [1.807, 2.05) is 13.8 Å². The van der Waals surface area contributed by atoms with E-state index in [1.165, 1.54) is 12.5 Å². The van der Waals surface area contributed by atoms with Gasteiger partial charge in [0.1, 0.15) is 6.33 Å². The SMILES string of the molecule is CC(C)Oc1ncncc1CNC(=O)c1cnc(OC(F)F)c(F)c1. The molecule has 0 fully saturated rings. The Morgan fingerprint density at radius 1 is 1.20 bits per heavy atom. The minimum atomic E-state index is -3.21. The molecule has 0 aliphatic rings. The van der Waals surface area contributed by atoms with Crippen molar-refractivity contribution in [1.29, 1.82) is 0 Å². The van der Waals surface area contributed by atoms with E-state index in [2.05, 4.69) is 25.0 Å². The van der Waals surface area contributed by atoms with Crippen molar-refractivity contribution < 1.29 is 27.4 Å². The van der Waals surface area contributed by atoms with Crippen molar-refractivity contribution in [2.45, 2.75) is 33.1 Å². The largest absolute Gasteiger partial charge is 0.475 e. The van der Waals surface area contributed by atoms with E-state index < -0.39 is 24.2 Å². The Kier molecular flexibility index (Phi) is 6.09. The molecule has 0 saturated heterocycles. The van der Waals surface area contributed by atoms with Gasteiger partial charge in [0.25, 0.3) is 11.8 Å². The maximum absolute atomic E-state index is 13.6. The third kappa shape index (κ3) is 5.30. The quantitative estimate of drug-likeness (QED) is 0.819. The average Bonchev–Trinajstić information content (AvgIpc) is 2.54. The second-order valence-electron chi connectivity index (χ2n) is 5.09. The number of carbonyl (C=O) groups excluding carboxylic acids is 1. The molecule has 1 N–H and O–H groups in total. The molecule has 0 aliphatic carbocycles. The first-order valence-electron chi connectivity index (χ1n) is 7.21. The lowest BCUT2D eigenvalue weighted by Gasteiger charge is -2.13. The Balaban J connectivity index is 2.05. The van der Waals surface area contributed by atoms with E-state index in [4.69, 9.17) is 4.74 Å². The fraction of sp³-hybridized carbons (Fsp3) is 0.333. The van der Waals surface area contributed by atoms with Crippen molar-refractivity contribution >= 4 is 5.91 Å². The van der Waals surface area contributed by atoms with Gasteiger partial charge in [0, 0.05) is 18.9 Å². The van der Waals surface area contributed by atoms with Crippen molar-refractivity contribution in [1.82, 2.24) is 20.3 Å². The van der Waals surface area contributed by atoms with Crippen LogP contribution in [0.5, 0.6) is 11.8 Å². The summed E-state index contributed by atoms with van der Waals surface area (Å²) >= 11 is 0. The molecule has 0 bridgehead atoms. The van der Waals surface area contributed by atoms with Gasteiger partial charge in [0.2, 0.25) is 5.88 Å². The van der Waals surface area contributed by atoms with E-state index in [1.54, 1.807) is 0 Å². The number of ether oxygens (including phenoxy) is 2. The number of carbonyl (C=O) groups is 1. The van der Waals surface area contributed by atoms with Crippen molar-refractivity contribution in [2.75, 3.05) is 0 Å². The number of halogens is 3. The van der Waals surface area contributed by atoms with Crippen LogP contribution in [0.3, 0.4) is 0 Å². The van der Waals surface area contributed by atoms with Gasteiger partial charge in [-0.3, -0.25) is 4.79 Å². The van der Waals surface area contributed by atoms with Crippen LogP contribution in [-0.2, 0) is 6.54 Å². The number of nitrogens with zero attached hydrogens (tertiary/aromatic N) is 3. The number of hydrogen-bond donors (Lipinski definition) is 1. The van der Waals surface area contributed by atoms with Gasteiger partial charge >= 0.3 is 6.61 Å². The normalized spacial score (nSPS) is 10.8. The monoisotopic (exact) mass is 356 g/mol. The number of rotatable bonds is 7. The first kappa shape index (κ1) is 18.4. The summed E-state index contributed by atoms with van der Waals surface area (Å²) in [7, 11) is 0. The molecule has 0 radical (unpaired) electrons. The van der Waals surface area contributed by atoms with Crippen molar-refractivity contribution in [3.8, 4) is 11.8 Å². The van der Waals surface area contributed by atoms with Crippen molar-refractivity contribution in [2.24, 2.45) is 0 Å². The standard InChI is InChI=1S/C15H15F3N4O3/c1-8(2)24-13-10(4-19-7-22-13)6-20-12(23)9-3-11(16)14(21-5-9)25-15(17)18/h3-5,7-8,15H,6H2,1-2H3,(H,20,23). The molecule has 2 heterocycles. The van der Waals surface area contributed by atoms with Crippen LogP contribution >= 0.6 is 0 Å². The predicted molar refractivity (Wildman–Crippen MR) is 79.8 cm³/mol. The Labute approximate surface area is 141 Å². The molecular formula is C15H15F3N4O3. The van der Waals surface area contributed by atoms with Crippen LogP contribution in [0, 0.1) is 5.82 Å². The third-order valence-electron chi connectivity index (χ3n) is 2.80. The smallest absolute Gasteiger partial charge is 0.388 e. The van der Waals surface area contributed by atoms with E-state index >= 15 is 0 Å². The number of amides is 1. The summed E-state index contributed by atoms with van der Waals surface area (Å²) in [5.41, 5.74) is 0.373. The highest BCUT2D eigenvalue weighted by atomic mass is 19.3. The highest BCUT2D eigenvalue weighted by Crippen LogP contribution is 2.18. The summed E-state index contributed by atoms with van der Waals surface area (Å²) in [6.07, 6.45) is 3.60. The number of pyridine rings is 1. The highest BCUT2D eigenvalue weighted by molar-refractivity contribution is 5.93. The fourth-order valence-electron chi connectivity index (χ4n) is 1.80. The molecule has 0 aromatic carbocycles. The molecule has 0 unspecified atom stereocenters. The molecule has 10 heteroatoms. The van der Waals surface area contributed by atoms with Crippen LogP contribution in [0.15, 0.2) is 24.8 Å². The lowest BCUT2D eigenvalue weighted by molar-refractivity contribution is -0.0553. The number of nitrogens with one attached hydrogen (secondary N) is 1. The summed E-state index contributed by atoms with van der Waals surface area (Å²) in [6, 6.07) is 0.757. The third-order valence-corrected chi connectivity index (χ3v) is 2.80. The Bertz CT molecular complexity index is 744. The molecule has 0 atom stereocenters. The zero-order valence-electron chi connectivity index (χ0n) is 13.4. The maximum Gasteiger partial charge on any atom is 0.388 e. The van der Waals surface area contributed by atoms with Crippen LogP contribution in [-0.4, -0.2) is 33.6 Å². The number of hydrogen-bond acceptors (Lipinski definition) is 6. The average molecular weight is 356 g/mol. The van der Waals surface area contributed by atoms with Crippen LogP contribution in [0.25, 0.3) is 0 Å². The van der Waals surface area contributed by atoms with E-state index in [0.29, 0.717) is 11.4 Å². The Morgan fingerprint density at radius 2 is 1.96 bits per heavy atom. The van der Waals surface area contributed by atoms with Gasteiger partial charge < -0.3 is 14.8 Å². The summed E-state index contributed by atoms with van der Waals surface area (Å²) in [4.78, 5) is 23.2. The molecule has 1 amide bonds. The van der Waals surface area contributed by atoms with Crippen molar-refractivity contribution in [3.05, 3.63) is 41.7 Å². The second kappa shape index (κ2) is 8.27. The molecular weight excluding hydrogens is 341 g/mol. The van der Waals surface area contributed by atoms with Gasteiger partial charge in [-0.2, -0.15) is 8.78 Å². The second-order valence-corrected chi connectivity index (χ2v) is 5.09. The first-order valence-corrected chi connectivity index (χ1v) is 7.21.